The van der Waals surface area contributed by atoms with Crippen LogP contribution in [0.15, 0.2) is 0 Å². The van der Waals surface area contributed by atoms with E-state index in [0.717, 1.165) is 12.8 Å². The zero-order valence-corrected chi connectivity index (χ0v) is 8.67. The van der Waals surface area contributed by atoms with Crippen LogP contribution in [0.2, 0.25) is 0 Å². The highest BCUT2D eigenvalue weighted by molar-refractivity contribution is 5.72. The molecule has 76 valence electrons. The van der Waals surface area contributed by atoms with Crippen molar-refractivity contribution >= 4 is 5.97 Å². The van der Waals surface area contributed by atoms with Gasteiger partial charge in [-0.05, 0) is 32.2 Å². The molecule has 1 saturated carbocycles. The van der Waals surface area contributed by atoms with Crippen molar-refractivity contribution in [2.45, 2.75) is 32.2 Å². The summed E-state index contributed by atoms with van der Waals surface area (Å²) in [6.07, 6.45) is 3.43. The van der Waals surface area contributed by atoms with E-state index in [1.807, 2.05) is 14.0 Å². The van der Waals surface area contributed by atoms with Crippen molar-refractivity contribution in [3.8, 4) is 0 Å². The molecule has 13 heavy (non-hydrogen) atoms. The summed E-state index contributed by atoms with van der Waals surface area (Å²) in [7, 11) is 3.44. The second-order valence-electron chi connectivity index (χ2n) is 3.87. The molecule has 1 N–H and O–H groups in total. The van der Waals surface area contributed by atoms with E-state index in [1.165, 1.54) is 13.5 Å². The van der Waals surface area contributed by atoms with Crippen LogP contribution in [0.1, 0.15) is 26.2 Å². The molecule has 1 aliphatic carbocycles. The van der Waals surface area contributed by atoms with Gasteiger partial charge in [0.25, 0.3) is 0 Å². The largest absolute Gasteiger partial charge is 0.469 e. The van der Waals surface area contributed by atoms with Crippen LogP contribution in [0.4, 0.5) is 0 Å². The summed E-state index contributed by atoms with van der Waals surface area (Å²) in [5.41, 5.74) is 0. The molecular weight excluding hydrogens is 166 g/mol. The Bertz CT molecular complexity index is 182. The third-order valence-electron chi connectivity index (χ3n) is 3.16. The number of nitrogens with one attached hydrogen (secondary N) is 1. The Balaban J connectivity index is 2.41. The SMILES string of the molecule is CNC1CCC(C(C)C(=O)OC)C1. The van der Waals surface area contributed by atoms with E-state index in [1.54, 1.807) is 0 Å². The Morgan fingerprint density at radius 2 is 2.23 bits per heavy atom. The molecule has 0 bridgehead atoms. The Hall–Kier alpha value is -0.570. The topological polar surface area (TPSA) is 38.3 Å². The van der Waals surface area contributed by atoms with Crippen LogP contribution in [0.5, 0.6) is 0 Å². The van der Waals surface area contributed by atoms with Crippen molar-refractivity contribution < 1.29 is 9.53 Å². The molecule has 0 saturated heterocycles. The highest BCUT2D eigenvalue weighted by Crippen LogP contribution is 2.31. The van der Waals surface area contributed by atoms with Crippen LogP contribution in [0, 0.1) is 11.8 Å². The average Bonchev–Trinajstić information content (AvgIpc) is 2.63. The molecule has 3 nitrogen and oxygen atoms in total. The standard InChI is InChI=1S/C10H19NO2/c1-7(10(12)13-3)8-4-5-9(6-8)11-2/h7-9,11H,4-6H2,1-3H3. The first-order valence-corrected chi connectivity index (χ1v) is 4.94. The summed E-state index contributed by atoms with van der Waals surface area (Å²) in [6.45, 7) is 1.97. The number of carbonyl (C=O) groups is 1. The van der Waals surface area contributed by atoms with Crippen molar-refractivity contribution in [2.24, 2.45) is 11.8 Å². The summed E-state index contributed by atoms with van der Waals surface area (Å²) < 4.78 is 4.73. The second-order valence-corrected chi connectivity index (χ2v) is 3.87. The van der Waals surface area contributed by atoms with E-state index in [9.17, 15) is 4.79 Å². The van der Waals surface area contributed by atoms with E-state index < -0.39 is 0 Å². The van der Waals surface area contributed by atoms with Gasteiger partial charge in [-0.25, -0.2) is 0 Å². The van der Waals surface area contributed by atoms with Crippen molar-refractivity contribution in [3.63, 3.8) is 0 Å². The van der Waals surface area contributed by atoms with Gasteiger partial charge in [0.2, 0.25) is 0 Å². The zero-order chi connectivity index (χ0) is 9.84. The summed E-state index contributed by atoms with van der Waals surface area (Å²) in [5.74, 6) is 0.495. The van der Waals surface area contributed by atoms with Gasteiger partial charge < -0.3 is 10.1 Å². The Kier molecular flexibility index (Phi) is 3.72. The molecule has 0 aromatic rings. The zero-order valence-electron chi connectivity index (χ0n) is 8.67. The first-order valence-electron chi connectivity index (χ1n) is 4.94. The average molecular weight is 185 g/mol. The summed E-state index contributed by atoms with van der Waals surface area (Å²) in [5, 5.41) is 3.25. The van der Waals surface area contributed by atoms with Gasteiger partial charge in [-0.15, -0.1) is 0 Å². The lowest BCUT2D eigenvalue weighted by atomic mass is 9.92. The Labute approximate surface area is 79.8 Å². The van der Waals surface area contributed by atoms with Crippen LogP contribution < -0.4 is 5.32 Å². The molecule has 0 aromatic carbocycles. The fourth-order valence-corrected chi connectivity index (χ4v) is 2.11. The number of ether oxygens (including phenoxy) is 1. The lowest BCUT2D eigenvalue weighted by Crippen LogP contribution is -2.24. The molecule has 3 unspecified atom stereocenters. The monoisotopic (exact) mass is 185 g/mol. The van der Waals surface area contributed by atoms with Gasteiger partial charge >= 0.3 is 5.97 Å². The highest BCUT2D eigenvalue weighted by Gasteiger charge is 2.31. The summed E-state index contributed by atoms with van der Waals surface area (Å²) >= 11 is 0. The normalized spacial score (nSPS) is 30.1. The molecule has 0 spiro atoms. The fourth-order valence-electron chi connectivity index (χ4n) is 2.11. The smallest absolute Gasteiger partial charge is 0.308 e. The Morgan fingerprint density at radius 1 is 1.54 bits per heavy atom. The number of methoxy groups -OCH3 is 1. The first-order chi connectivity index (χ1) is 6.19. The minimum absolute atomic E-state index is 0.0587. The molecule has 0 amide bonds. The maximum absolute atomic E-state index is 11.3. The maximum Gasteiger partial charge on any atom is 0.308 e. The number of esters is 1. The van der Waals surface area contributed by atoms with Crippen LogP contribution in [0.3, 0.4) is 0 Å². The molecule has 0 heterocycles. The van der Waals surface area contributed by atoms with Gasteiger partial charge in [0.05, 0.1) is 13.0 Å². The molecule has 3 heteroatoms. The van der Waals surface area contributed by atoms with Gasteiger partial charge in [-0.1, -0.05) is 6.92 Å². The molecule has 0 aliphatic heterocycles. The third-order valence-corrected chi connectivity index (χ3v) is 3.16. The Morgan fingerprint density at radius 3 is 2.69 bits per heavy atom. The van der Waals surface area contributed by atoms with Crippen molar-refractivity contribution in [3.05, 3.63) is 0 Å². The van der Waals surface area contributed by atoms with Gasteiger partial charge in [-0.2, -0.15) is 0 Å². The third kappa shape index (κ3) is 2.44. The predicted molar refractivity (Wildman–Crippen MR) is 51.4 cm³/mol. The molecule has 0 aromatic heterocycles. The molecule has 1 rings (SSSR count). The van der Waals surface area contributed by atoms with Gasteiger partial charge in [0.15, 0.2) is 0 Å². The van der Waals surface area contributed by atoms with Crippen molar-refractivity contribution in [1.82, 2.24) is 5.32 Å². The number of rotatable bonds is 3. The van der Waals surface area contributed by atoms with Gasteiger partial charge in [0.1, 0.15) is 0 Å². The number of hydrogen-bond donors (Lipinski definition) is 1. The highest BCUT2D eigenvalue weighted by atomic mass is 16.5. The van der Waals surface area contributed by atoms with E-state index in [2.05, 4.69) is 5.32 Å². The minimum Gasteiger partial charge on any atom is -0.469 e. The lowest BCUT2D eigenvalue weighted by Gasteiger charge is -2.16. The number of carbonyl (C=O) groups excluding carboxylic acids is 1. The van der Waals surface area contributed by atoms with Gasteiger partial charge in [-0.3, -0.25) is 4.79 Å². The molecule has 3 atom stereocenters. The van der Waals surface area contributed by atoms with E-state index in [0.29, 0.717) is 12.0 Å². The number of hydrogen-bond acceptors (Lipinski definition) is 3. The summed E-state index contributed by atoms with van der Waals surface area (Å²) in [4.78, 5) is 11.3. The van der Waals surface area contributed by atoms with Crippen molar-refractivity contribution in [2.75, 3.05) is 14.2 Å². The maximum atomic E-state index is 11.3. The second kappa shape index (κ2) is 4.61. The molecule has 0 radical (unpaired) electrons. The van der Waals surface area contributed by atoms with Crippen LogP contribution >= 0.6 is 0 Å². The first kappa shape index (κ1) is 10.5. The van der Waals surface area contributed by atoms with Crippen LogP contribution in [-0.2, 0) is 9.53 Å². The van der Waals surface area contributed by atoms with Crippen molar-refractivity contribution in [1.29, 1.82) is 0 Å². The molecule has 1 fully saturated rings. The molecular formula is C10H19NO2. The fraction of sp³-hybridized carbons (Fsp3) is 0.900. The van der Waals surface area contributed by atoms with Gasteiger partial charge in [0, 0.05) is 6.04 Å². The van der Waals surface area contributed by atoms with E-state index >= 15 is 0 Å². The van der Waals surface area contributed by atoms with E-state index in [4.69, 9.17) is 4.74 Å². The van der Waals surface area contributed by atoms with Crippen LogP contribution in [-0.4, -0.2) is 26.2 Å². The predicted octanol–water partition coefficient (Wildman–Crippen LogP) is 1.18. The summed E-state index contributed by atoms with van der Waals surface area (Å²) in [6, 6.07) is 0.595. The minimum atomic E-state index is -0.0678. The quantitative estimate of drug-likeness (QED) is 0.671. The molecule has 1 aliphatic rings. The lowest BCUT2D eigenvalue weighted by molar-refractivity contribution is -0.146. The van der Waals surface area contributed by atoms with Crippen LogP contribution in [0.25, 0.3) is 0 Å². The van der Waals surface area contributed by atoms with E-state index in [-0.39, 0.29) is 11.9 Å².